The SMILES string of the molecule is COc1cc(C2(N)CCCCC2)c(OC)cc1N1CCCC1. The molecule has 1 saturated carbocycles. The number of hydrogen-bond donors (Lipinski definition) is 1. The first kappa shape index (κ1) is 15.5. The Morgan fingerprint density at radius 1 is 0.909 bits per heavy atom. The van der Waals surface area contributed by atoms with E-state index in [9.17, 15) is 0 Å². The molecule has 122 valence electrons. The summed E-state index contributed by atoms with van der Waals surface area (Å²) >= 11 is 0. The number of nitrogens with two attached hydrogens (primary N) is 1. The van der Waals surface area contributed by atoms with Crippen LogP contribution in [0.3, 0.4) is 0 Å². The summed E-state index contributed by atoms with van der Waals surface area (Å²) in [6.45, 7) is 2.18. The lowest BCUT2D eigenvalue weighted by molar-refractivity contribution is 0.287. The molecule has 2 fully saturated rings. The molecule has 0 amide bonds. The zero-order valence-corrected chi connectivity index (χ0v) is 13.9. The van der Waals surface area contributed by atoms with Gasteiger partial charge in [0.1, 0.15) is 11.5 Å². The van der Waals surface area contributed by atoms with Gasteiger partial charge in [0.2, 0.25) is 0 Å². The molecular formula is C18H28N2O2. The molecule has 3 rings (SSSR count). The van der Waals surface area contributed by atoms with E-state index in [0.29, 0.717) is 0 Å². The van der Waals surface area contributed by atoms with Gasteiger partial charge in [0.05, 0.1) is 19.9 Å². The molecule has 1 aliphatic carbocycles. The number of ether oxygens (including phenoxy) is 2. The molecule has 1 aromatic carbocycles. The maximum Gasteiger partial charge on any atom is 0.142 e. The molecule has 2 N–H and O–H groups in total. The Labute approximate surface area is 133 Å². The van der Waals surface area contributed by atoms with Crippen molar-refractivity contribution >= 4 is 5.69 Å². The molecule has 0 bridgehead atoms. The lowest BCUT2D eigenvalue weighted by atomic mass is 9.77. The predicted molar refractivity (Wildman–Crippen MR) is 89.9 cm³/mol. The smallest absolute Gasteiger partial charge is 0.142 e. The van der Waals surface area contributed by atoms with Crippen LogP contribution in [-0.4, -0.2) is 27.3 Å². The van der Waals surface area contributed by atoms with Crippen LogP contribution in [0.5, 0.6) is 11.5 Å². The largest absolute Gasteiger partial charge is 0.496 e. The fraction of sp³-hybridized carbons (Fsp3) is 0.667. The van der Waals surface area contributed by atoms with Gasteiger partial charge < -0.3 is 20.1 Å². The number of benzene rings is 1. The third-order valence-corrected chi connectivity index (χ3v) is 5.23. The van der Waals surface area contributed by atoms with Crippen molar-refractivity contribution in [2.45, 2.75) is 50.5 Å². The van der Waals surface area contributed by atoms with Crippen LogP contribution in [0.15, 0.2) is 12.1 Å². The Balaban J connectivity index is 2.02. The number of anilines is 1. The highest BCUT2D eigenvalue weighted by Crippen LogP contribution is 2.44. The summed E-state index contributed by atoms with van der Waals surface area (Å²) in [6, 6.07) is 4.25. The van der Waals surface area contributed by atoms with Gasteiger partial charge >= 0.3 is 0 Å². The summed E-state index contributed by atoms with van der Waals surface area (Å²) in [5.41, 5.74) is 8.70. The highest BCUT2D eigenvalue weighted by molar-refractivity contribution is 5.65. The Kier molecular flexibility index (Phi) is 4.48. The van der Waals surface area contributed by atoms with E-state index < -0.39 is 0 Å². The van der Waals surface area contributed by atoms with E-state index in [4.69, 9.17) is 15.2 Å². The van der Waals surface area contributed by atoms with Crippen LogP contribution >= 0.6 is 0 Å². The van der Waals surface area contributed by atoms with Gasteiger partial charge in [0.15, 0.2) is 0 Å². The van der Waals surface area contributed by atoms with Crippen molar-refractivity contribution in [3.63, 3.8) is 0 Å². The molecule has 0 radical (unpaired) electrons. The van der Waals surface area contributed by atoms with E-state index >= 15 is 0 Å². The molecule has 0 atom stereocenters. The zero-order valence-electron chi connectivity index (χ0n) is 13.9. The van der Waals surface area contributed by atoms with Gasteiger partial charge in [-0.2, -0.15) is 0 Å². The van der Waals surface area contributed by atoms with E-state index in [1.807, 2.05) is 0 Å². The fourth-order valence-electron chi connectivity index (χ4n) is 3.93. The van der Waals surface area contributed by atoms with Crippen molar-refractivity contribution in [2.75, 3.05) is 32.2 Å². The molecule has 22 heavy (non-hydrogen) atoms. The van der Waals surface area contributed by atoms with Crippen LogP contribution in [0.25, 0.3) is 0 Å². The Morgan fingerprint density at radius 3 is 2.14 bits per heavy atom. The molecular weight excluding hydrogens is 276 g/mol. The summed E-state index contributed by atoms with van der Waals surface area (Å²) in [5, 5.41) is 0. The van der Waals surface area contributed by atoms with Crippen molar-refractivity contribution in [1.82, 2.24) is 0 Å². The maximum absolute atomic E-state index is 6.73. The molecule has 1 saturated heterocycles. The Morgan fingerprint density at radius 2 is 1.55 bits per heavy atom. The number of nitrogens with zero attached hydrogens (tertiary/aromatic N) is 1. The van der Waals surface area contributed by atoms with Crippen LogP contribution in [0.1, 0.15) is 50.5 Å². The molecule has 4 heteroatoms. The number of hydrogen-bond acceptors (Lipinski definition) is 4. The average Bonchev–Trinajstić information content (AvgIpc) is 3.08. The molecule has 0 aromatic heterocycles. The zero-order chi connectivity index (χ0) is 15.6. The van der Waals surface area contributed by atoms with Crippen LogP contribution in [0.4, 0.5) is 5.69 Å². The van der Waals surface area contributed by atoms with E-state index in [0.717, 1.165) is 48.7 Å². The minimum Gasteiger partial charge on any atom is -0.496 e. The van der Waals surface area contributed by atoms with Crippen molar-refractivity contribution in [2.24, 2.45) is 5.73 Å². The number of rotatable bonds is 4. The highest BCUT2D eigenvalue weighted by atomic mass is 16.5. The Hall–Kier alpha value is -1.42. The minimum absolute atomic E-state index is 0.277. The molecule has 1 aromatic rings. The van der Waals surface area contributed by atoms with E-state index in [-0.39, 0.29) is 5.54 Å². The summed E-state index contributed by atoms with van der Waals surface area (Å²) < 4.78 is 11.4. The van der Waals surface area contributed by atoms with Crippen molar-refractivity contribution in [3.05, 3.63) is 17.7 Å². The fourth-order valence-corrected chi connectivity index (χ4v) is 3.93. The van der Waals surface area contributed by atoms with E-state index in [2.05, 4.69) is 17.0 Å². The van der Waals surface area contributed by atoms with Crippen LogP contribution < -0.4 is 20.1 Å². The summed E-state index contributed by atoms with van der Waals surface area (Å²) in [7, 11) is 3.49. The third-order valence-electron chi connectivity index (χ3n) is 5.23. The third kappa shape index (κ3) is 2.76. The lowest BCUT2D eigenvalue weighted by Gasteiger charge is -2.36. The second-order valence-electron chi connectivity index (χ2n) is 6.64. The van der Waals surface area contributed by atoms with Crippen LogP contribution in [0, 0.1) is 0 Å². The maximum atomic E-state index is 6.73. The molecule has 0 unspecified atom stereocenters. The predicted octanol–water partition coefficient (Wildman–Crippen LogP) is 3.42. The van der Waals surface area contributed by atoms with E-state index in [1.54, 1.807) is 14.2 Å². The average molecular weight is 304 g/mol. The number of methoxy groups -OCH3 is 2. The van der Waals surface area contributed by atoms with Crippen molar-refractivity contribution in [3.8, 4) is 11.5 Å². The lowest BCUT2D eigenvalue weighted by Crippen LogP contribution is -2.39. The normalized spacial score (nSPS) is 21.0. The Bertz CT molecular complexity index is 518. The second kappa shape index (κ2) is 6.37. The first-order valence-electron chi connectivity index (χ1n) is 8.48. The van der Waals surface area contributed by atoms with Crippen molar-refractivity contribution < 1.29 is 9.47 Å². The van der Waals surface area contributed by atoms with E-state index in [1.165, 1.54) is 32.1 Å². The molecule has 2 aliphatic rings. The molecule has 1 heterocycles. The quantitative estimate of drug-likeness (QED) is 0.926. The van der Waals surface area contributed by atoms with Crippen LogP contribution in [-0.2, 0) is 5.54 Å². The van der Waals surface area contributed by atoms with Gasteiger partial charge in [-0.1, -0.05) is 19.3 Å². The minimum atomic E-state index is -0.277. The van der Waals surface area contributed by atoms with Crippen LogP contribution in [0.2, 0.25) is 0 Å². The van der Waals surface area contributed by atoms with Gasteiger partial charge in [-0.05, 0) is 31.7 Å². The van der Waals surface area contributed by atoms with Gasteiger partial charge in [0, 0.05) is 30.3 Å². The summed E-state index contributed by atoms with van der Waals surface area (Å²) in [5.74, 6) is 1.83. The first-order valence-corrected chi connectivity index (χ1v) is 8.48. The highest BCUT2D eigenvalue weighted by Gasteiger charge is 2.33. The van der Waals surface area contributed by atoms with Gasteiger partial charge in [-0.15, -0.1) is 0 Å². The topological polar surface area (TPSA) is 47.7 Å². The second-order valence-corrected chi connectivity index (χ2v) is 6.64. The molecule has 1 aliphatic heterocycles. The molecule has 0 spiro atoms. The van der Waals surface area contributed by atoms with Crippen molar-refractivity contribution in [1.29, 1.82) is 0 Å². The summed E-state index contributed by atoms with van der Waals surface area (Å²) in [6.07, 6.45) is 8.20. The summed E-state index contributed by atoms with van der Waals surface area (Å²) in [4.78, 5) is 2.38. The monoisotopic (exact) mass is 304 g/mol. The van der Waals surface area contributed by atoms with Gasteiger partial charge in [0.25, 0.3) is 0 Å². The molecule has 4 nitrogen and oxygen atoms in total. The first-order chi connectivity index (χ1) is 10.7. The standard InChI is InChI=1S/C18H28N2O2/c1-21-16-13-15(20-10-6-7-11-20)17(22-2)12-14(16)18(19)8-4-3-5-9-18/h12-13H,3-11,19H2,1-2H3. The van der Waals surface area contributed by atoms with Gasteiger partial charge in [-0.3, -0.25) is 0 Å². The van der Waals surface area contributed by atoms with Gasteiger partial charge in [-0.25, -0.2) is 0 Å².